The number of aromatic hydroxyl groups is 2. The summed E-state index contributed by atoms with van der Waals surface area (Å²) in [7, 11) is 0. The second-order valence-electron chi connectivity index (χ2n) is 5.86. The van der Waals surface area contributed by atoms with Crippen LogP contribution in [0.3, 0.4) is 0 Å². The zero-order valence-electron chi connectivity index (χ0n) is 14.2. The van der Waals surface area contributed by atoms with Crippen LogP contribution in [-0.4, -0.2) is 23.3 Å². The molecule has 2 aromatic carbocycles. The van der Waals surface area contributed by atoms with E-state index in [2.05, 4.69) is 20.1 Å². The van der Waals surface area contributed by atoms with Gasteiger partial charge in [-0.05, 0) is 59.0 Å². The highest BCUT2D eigenvalue weighted by molar-refractivity contribution is 5.66. The summed E-state index contributed by atoms with van der Waals surface area (Å²) in [4.78, 5) is 5.68. The quantitative estimate of drug-likeness (QED) is 0.409. The molecule has 2 rings (SSSR count). The van der Waals surface area contributed by atoms with Crippen molar-refractivity contribution in [1.29, 1.82) is 0 Å². The van der Waals surface area contributed by atoms with Gasteiger partial charge in [-0.1, -0.05) is 40.6 Å². The fraction of sp³-hybridized carbons (Fsp3) is 0.222. The third kappa shape index (κ3) is 4.48. The predicted molar refractivity (Wildman–Crippen MR) is 99.6 cm³/mol. The molecule has 0 heterocycles. The third-order valence-electron chi connectivity index (χ3n) is 4.09. The lowest BCUT2D eigenvalue weighted by Gasteiger charge is -2.29. The third-order valence-corrected chi connectivity index (χ3v) is 4.09. The Balaban J connectivity index is 2.60. The van der Waals surface area contributed by atoms with Crippen molar-refractivity contribution < 1.29 is 10.2 Å². The molecular weight excluding hydrogens is 332 g/mol. The first-order chi connectivity index (χ1) is 12.5. The molecule has 0 bridgehead atoms. The zero-order valence-corrected chi connectivity index (χ0v) is 14.2. The van der Waals surface area contributed by atoms with E-state index in [4.69, 9.17) is 11.1 Å². The van der Waals surface area contributed by atoms with Crippen LogP contribution in [-0.2, 0) is 5.41 Å². The molecule has 0 atom stereocenters. The van der Waals surface area contributed by atoms with Crippen molar-refractivity contribution in [3.05, 3.63) is 86.6 Å². The van der Waals surface area contributed by atoms with Crippen LogP contribution in [0.15, 0.2) is 64.8 Å². The van der Waals surface area contributed by atoms with Crippen LogP contribution >= 0.6 is 0 Å². The molecule has 0 spiro atoms. The van der Waals surface area contributed by atoms with Crippen molar-refractivity contribution >= 4 is 5.57 Å². The zero-order chi connectivity index (χ0) is 19.0. The van der Waals surface area contributed by atoms with Crippen LogP contribution < -0.4 is 0 Å². The van der Waals surface area contributed by atoms with Gasteiger partial charge >= 0.3 is 0 Å². The van der Waals surface area contributed by atoms with Gasteiger partial charge in [0.25, 0.3) is 0 Å². The first-order valence-corrected chi connectivity index (χ1v) is 7.81. The van der Waals surface area contributed by atoms with E-state index in [-0.39, 0.29) is 24.6 Å². The smallest absolute Gasteiger partial charge is 0.115 e. The molecule has 0 aliphatic heterocycles. The molecule has 0 saturated carbocycles. The Hall–Kier alpha value is -3.60. The Bertz CT molecular complexity index is 857. The van der Waals surface area contributed by atoms with E-state index < -0.39 is 5.41 Å². The molecule has 0 fully saturated rings. The van der Waals surface area contributed by atoms with Gasteiger partial charge in [0, 0.05) is 28.3 Å². The summed E-state index contributed by atoms with van der Waals surface area (Å²) in [6.07, 6.45) is 1.88. The van der Waals surface area contributed by atoms with Crippen LogP contribution in [0.2, 0.25) is 0 Å². The van der Waals surface area contributed by atoms with Gasteiger partial charge in [0.05, 0.1) is 0 Å². The maximum Gasteiger partial charge on any atom is 0.115 e. The number of phenols is 2. The Morgan fingerprint density at radius 1 is 0.923 bits per heavy atom. The minimum atomic E-state index is -0.867. The van der Waals surface area contributed by atoms with Gasteiger partial charge in [0.2, 0.25) is 0 Å². The second kappa shape index (κ2) is 8.48. The molecule has 0 aliphatic carbocycles. The van der Waals surface area contributed by atoms with Crippen molar-refractivity contribution in [3.8, 4) is 11.5 Å². The first-order valence-electron chi connectivity index (χ1n) is 7.81. The van der Waals surface area contributed by atoms with Crippen molar-refractivity contribution in [3.63, 3.8) is 0 Å². The average molecular weight is 350 g/mol. The van der Waals surface area contributed by atoms with Crippen LogP contribution in [0.4, 0.5) is 0 Å². The maximum absolute atomic E-state index is 9.56. The fourth-order valence-electron chi connectivity index (χ4n) is 2.74. The summed E-state index contributed by atoms with van der Waals surface area (Å²) in [5.41, 5.74) is 19.2. The van der Waals surface area contributed by atoms with Gasteiger partial charge < -0.3 is 10.2 Å². The van der Waals surface area contributed by atoms with Crippen molar-refractivity contribution in [2.45, 2.75) is 12.3 Å². The molecule has 8 heteroatoms. The Kier molecular flexibility index (Phi) is 6.11. The van der Waals surface area contributed by atoms with Gasteiger partial charge in [0.1, 0.15) is 11.5 Å². The van der Waals surface area contributed by atoms with E-state index in [1.54, 1.807) is 36.4 Å². The molecule has 26 heavy (non-hydrogen) atoms. The number of hydrogen-bond donors (Lipinski definition) is 2. The summed E-state index contributed by atoms with van der Waals surface area (Å²) < 4.78 is 0. The Morgan fingerprint density at radius 2 is 1.38 bits per heavy atom. The monoisotopic (exact) mass is 350 g/mol. The van der Waals surface area contributed by atoms with E-state index >= 15 is 0 Å². The Morgan fingerprint density at radius 3 is 1.85 bits per heavy atom. The molecule has 0 unspecified atom stereocenters. The predicted octanol–water partition coefficient (Wildman–Crippen LogP) is 5.06. The lowest BCUT2D eigenvalue weighted by molar-refractivity contribution is 0.473. The fourth-order valence-corrected chi connectivity index (χ4v) is 2.74. The largest absolute Gasteiger partial charge is 0.508 e. The molecule has 0 aliphatic rings. The SMILES string of the molecule is C/C(=C/C(CN=[N+]=[N-])(CN=[N+]=[N-])c1ccc(O)cc1)c1ccc(O)cc1. The van der Waals surface area contributed by atoms with E-state index in [1.165, 1.54) is 12.1 Å². The number of benzene rings is 2. The topological polar surface area (TPSA) is 138 Å². The maximum atomic E-state index is 9.56. The average Bonchev–Trinajstić information content (AvgIpc) is 2.65. The van der Waals surface area contributed by atoms with Gasteiger partial charge in [-0.25, -0.2) is 0 Å². The van der Waals surface area contributed by atoms with Gasteiger partial charge in [0.15, 0.2) is 0 Å². The number of azide groups is 2. The normalized spacial score (nSPS) is 13.2. The molecule has 0 radical (unpaired) electrons. The number of nitrogens with zero attached hydrogens (tertiary/aromatic N) is 6. The molecule has 132 valence electrons. The van der Waals surface area contributed by atoms with Crippen molar-refractivity contribution in [2.75, 3.05) is 13.1 Å². The lowest BCUT2D eigenvalue weighted by atomic mass is 9.78. The molecule has 2 N–H and O–H groups in total. The Labute approximate surface area is 150 Å². The highest BCUT2D eigenvalue weighted by atomic mass is 16.3. The number of hydrogen-bond acceptors (Lipinski definition) is 4. The number of phenolic OH excluding ortho intramolecular Hbond substituents is 2. The van der Waals surface area contributed by atoms with E-state index in [0.29, 0.717) is 0 Å². The van der Waals surface area contributed by atoms with E-state index in [9.17, 15) is 10.2 Å². The number of allylic oxidation sites excluding steroid dienone is 1. The molecule has 0 amide bonds. The summed E-state index contributed by atoms with van der Waals surface area (Å²) in [5, 5.41) is 26.4. The summed E-state index contributed by atoms with van der Waals surface area (Å²) in [6, 6.07) is 13.2. The molecular formula is C18H18N6O2. The highest BCUT2D eigenvalue weighted by Crippen LogP contribution is 2.32. The molecule has 0 aromatic heterocycles. The number of rotatable bonds is 7. The van der Waals surface area contributed by atoms with Gasteiger partial charge in [-0.2, -0.15) is 0 Å². The highest BCUT2D eigenvalue weighted by Gasteiger charge is 2.29. The summed E-state index contributed by atoms with van der Waals surface area (Å²) >= 11 is 0. The van der Waals surface area contributed by atoms with Crippen LogP contribution in [0.1, 0.15) is 18.1 Å². The molecule has 0 saturated heterocycles. The summed E-state index contributed by atoms with van der Waals surface area (Å²) in [6.45, 7) is 1.97. The van der Waals surface area contributed by atoms with Gasteiger partial charge in [-0.3, -0.25) is 0 Å². The molecule has 8 nitrogen and oxygen atoms in total. The van der Waals surface area contributed by atoms with E-state index in [0.717, 1.165) is 16.7 Å². The standard InChI is InChI=1S/C18H18N6O2/c1-13(14-2-6-16(25)7-3-14)10-18(11-21-23-19,12-22-24-20)15-4-8-17(26)9-5-15/h2-10,25-26H,11-12H2,1H3/b13-10-. The minimum absolute atomic E-state index is 0.0444. The van der Waals surface area contributed by atoms with Crippen molar-refractivity contribution in [1.82, 2.24) is 0 Å². The van der Waals surface area contributed by atoms with E-state index in [1.807, 2.05) is 13.0 Å². The van der Waals surface area contributed by atoms with Crippen LogP contribution in [0, 0.1) is 0 Å². The molecule has 2 aromatic rings. The second-order valence-corrected chi connectivity index (χ2v) is 5.86. The summed E-state index contributed by atoms with van der Waals surface area (Å²) in [5.74, 6) is 0.268. The van der Waals surface area contributed by atoms with Gasteiger partial charge in [-0.15, -0.1) is 0 Å². The van der Waals surface area contributed by atoms with Crippen molar-refractivity contribution in [2.24, 2.45) is 10.2 Å². The van der Waals surface area contributed by atoms with Crippen LogP contribution in [0.25, 0.3) is 26.5 Å². The first kappa shape index (κ1) is 18.7. The minimum Gasteiger partial charge on any atom is -0.508 e. The van der Waals surface area contributed by atoms with Crippen LogP contribution in [0.5, 0.6) is 11.5 Å². The lowest BCUT2D eigenvalue weighted by Crippen LogP contribution is -2.31.